The Kier molecular flexibility index (Phi) is 5.87. The van der Waals surface area contributed by atoms with Gasteiger partial charge in [0.2, 0.25) is 0 Å². The summed E-state index contributed by atoms with van der Waals surface area (Å²) in [5.41, 5.74) is 1.88. The van der Waals surface area contributed by atoms with Gasteiger partial charge in [-0.2, -0.15) is 0 Å². The highest BCUT2D eigenvalue weighted by Crippen LogP contribution is 2.31. The molecule has 0 fully saturated rings. The number of aromatic hydroxyl groups is 1. The normalized spacial score (nSPS) is 11.4. The number of ether oxygens (including phenoxy) is 1. The minimum atomic E-state index is -0.450. The average Bonchev–Trinajstić information content (AvgIpc) is 2.54. The molecule has 0 unspecified atom stereocenters. The third kappa shape index (κ3) is 4.73. The zero-order valence-electron chi connectivity index (χ0n) is 16.2. The van der Waals surface area contributed by atoms with E-state index in [1.54, 1.807) is 0 Å². The summed E-state index contributed by atoms with van der Waals surface area (Å²) in [7, 11) is 6.17. The van der Waals surface area contributed by atoms with E-state index in [4.69, 9.17) is 4.74 Å². The third-order valence-corrected chi connectivity index (χ3v) is 3.85. The Balaban J connectivity index is 2.46. The molecule has 0 saturated carbocycles. The van der Waals surface area contributed by atoms with Crippen molar-refractivity contribution in [2.45, 2.75) is 20.4 Å². The van der Waals surface area contributed by atoms with Crippen LogP contribution in [0, 0.1) is 6.92 Å². The van der Waals surface area contributed by atoms with Crippen LogP contribution in [0.25, 0.3) is 10.8 Å². The van der Waals surface area contributed by atoms with Crippen LogP contribution in [-0.2, 0) is 11.3 Å². The van der Waals surface area contributed by atoms with E-state index < -0.39 is 5.91 Å². The second kappa shape index (κ2) is 7.74. The summed E-state index contributed by atoms with van der Waals surface area (Å²) in [5, 5.41) is 14.8. The maximum absolute atomic E-state index is 12.6. The van der Waals surface area contributed by atoms with E-state index in [0.717, 1.165) is 16.6 Å². The predicted octanol–water partition coefficient (Wildman–Crippen LogP) is 2.74. The number of amides is 1. The van der Waals surface area contributed by atoms with Crippen LogP contribution in [0.3, 0.4) is 0 Å². The number of aryl methyl sites for hydroxylation is 1. The topological polar surface area (TPSA) is 71.5 Å². The van der Waals surface area contributed by atoms with E-state index in [1.807, 2.05) is 32.0 Å². The highest BCUT2D eigenvalue weighted by Gasteiger charge is 2.22. The lowest BCUT2D eigenvalue weighted by molar-refractivity contribution is -0.884. The first-order chi connectivity index (χ1) is 12.1. The summed E-state index contributed by atoms with van der Waals surface area (Å²) in [5.74, 6) is -0.0958. The van der Waals surface area contributed by atoms with Gasteiger partial charge in [0.05, 0.1) is 34.3 Å². The number of aromatic nitrogens is 1. The molecular weight excluding hydrogens is 330 g/mol. The Hall–Kier alpha value is -2.60. The maximum Gasteiger partial charge on any atom is 0.274 e. The lowest BCUT2D eigenvalue weighted by Crippen LogP contribution is -2.34. The summed E-state index contributed by atoms with van der Waals surface area (Å²) in [4.78, 5) is 17.1. The van der Waals surface area contributed by atoms with Crippen LogP contribution in [-0.4, -0.2) is 54.8 Å². The average molecular weight is 358 g/mol. The number of fused-ring (bicyclic) bond motifs is 1. The molecular formula is C20H28N3O3+. The molecule has 0 radical (unpaired) electrons. The molecule has 1 aromatic carbocycles. The lowest BCUT2D eigenvalue weighted by Gasteiger charge is -2.24. The molecule has 2 rings (SSSR count). The SMILES string of the molecule is C=C(CNC(=O)c1nc(C[N+](C)(C)C)c2cc(C)ccc2c1O)OCC. The fourth-order valence-electron chi connectivity index (χ4n) is 2.72. The van der Waals surface area contributed by atoms with Gasteiger partial charge in [-0.25, -0.2) is 4.98 Å². The Morgan fingerprint density at radius 2 is 2.00 bits per heavy atom. The van der Waals surface area contributed by atoms with Gasteiger partial charge in [0.1, 0.15) is 18.0 Å². The van der Waals surface area contributed by atoms with Crippen LogP contribution in [0.5, 0.6) is 5.75 Å². The molecule has 1 heterocycles. The predicted molar refractivity (Wildman–Crippen MR) is 103 cm³/mol. The standard InChI is InChI=1S/C20H27N3O3/c1-7-26-14(3)11-21-20(25)18-19(24)15-9-8-13(2)10-16(15)17(22-18)12-23(4,5)6/h8-10H,3,7,11-12H2,1-2,4-6H3,(H-,21,24,25)/p+1. The molecule has 0 spiro atoms. The molecule has 0 aliphatic carbocycles. The summed E-state index contributed by atoms with van der Waals surface area (Å²) in [6.07, 6.45) is 0. The van der Waals surface area contributed by atoms with Crippen LogP contribution in [0.15, 0.2) is 30.5 Å². The van der Waals surface area contributed by atoms with Gasteiger partial charge in [0, 0.05) is 10.8 Å². The molecule has 140 valence electrons. The van der Waals surface area contributed by atoms with Gasteiger partial charge in [-0.05, 0) is 19.9 Å². The monoisotopic (exact) mass is 358 g/mol. The number of hydrogen-bond acceptors (Lipinski definition) is 4. The van der Waals surface area contributed by atoms with Crippen molar-refractivity contribution in [2.75, 3.05) is 34.3 Å². The highest BCUT2D eigenvalue weighted by atomic mass is 16.5. The number of nitrogens with one attached hydrogen (secondary N) is 1. The van der Waals surface area contributed by atoms with Gasteiger partial charge in [0.15, 0.2) is 11.4 Å². The zero-order chi connectivity index (χ0) is 19.5. The van der Waals surface area contributed by atoms with E-state index in [0.29, 0.717) is 28.8 Å². The third-order valence-electron chi connectivity index (χ3n) is 3.85. The van der Waals surface area contributed by atoms with Crippen molar-refractivity contribution in [1.82, 2.24) is 10.3 Å². The van der Waals surface area contributed by atoms with Crippen molar-refractivity contribution < 1.29 is 19.1 Å². The van der Waals surface area contributed by atoms with Gasteiger partial charge >= 0.3 is 0 Å². The first-order valence-electron chi connectivity index (χ1n) is 8.63. The molecule has 0 aliphatic heterocycles. The van der Waals surface area contributed by atoms with Crippen molar-refractivity contribution in [1.29, 1.82) is 0 Å². The quantitative estimate of drug-likeness (QED) is 0.590. The fourth-order valence-corrected chi connectivity index (χ4v) is 2.72. The summed E-state index contributed by atoms with van der Waals surface area (Å²) < 4.78 is 5.89. The lowest BCUT2D eigenvalue weighted by atomic mass is 10.0. The van der Waals surface area contributed by atoms with Gasteiger partial charge < -0.3 is 19.6 Å². The Labute approximate surface area is 154 Å². The van der Waals surface area contributed by atoms with Crippen molar-refractivity contribution in [3.63, 3.8) is 0 Å². The maximum atomic E-state index is 12.6. The summed E-state index contributed by atoms with van der Waals surface area (Å²) in [6.45, 7) is 8.87. The van der Waals surface area contributed by atoms with E-state index in [9.17, 15) is 9.90 Å². The molecule has 1 aromatic heterocycles. The molecule has 1 amide bonds. The largest absolute Gasteiger partial charge is 0.505 e. The van der Waals surface area contributed by atoms with Gasteiger partial charge in [-0.15, -0.1) is 0 Å². The molecule has 6 nitrogen and oxygen atoms in total. The summed E-state index contributed by atoms with van der Waals surface area (Å²) >= 11 is 0. The number of carbonyl (C=O) groups excluding carboxylic acids is 1. The number of rotatable bonds is 7. The highest BCUT2D eigenvalue weighted by molar-refractivity contribution is 6.02. The molecule has 0 saturated heterocycles. The van der Waals surface area contributed by atoms with Crippen molar-refractivity contribution in [3.05, 3.63) is 47.5 Å². The van der Waals surface area contributed by atoms with E-state index >= 15 is 0 Å². The van der Waals surface area contributed by atoms with E-state index in [2.05, 4.69) is 38.0 Å². The second-order valence-corrected chi connectivity index (χ2v) is 7.41. The first-order valence-corrected chi connectivity index (χ1v) is 8.63. The smallest absolute Gasteiger partial charge is 0.274 e. The van der Waals surface area contributed by atoms with Crippen LogP contribution in [0.1, 0.15) is 28.7 Å². The number of benzene rings is 1. The van der Waals surface area contributed by atoms with Crippen LogP contribution in [0.4, 0.5) is 0 Å². The molecule has 6 heteroatoms. The van der Waals surface area contributed by atoms with Crippen LogP contribution < -0.4 is 5.32 Å². The first kappa shape index (κ1) is 19.7. The Morgan fingerprint density at radius 1 is 1.31 bits per heavy atom. The molecule has 0 aliphatic rings. The number of quaternary nitrogens is 1. The number of nitrogens with zero attached hydrogens (tertiary/aromatic N) is 2. The molecule has 2 N–H and O–H groups in total. The van der Waals surface area contributed by atoms with Gasteiger partial charge in [-0.3, -0.25) is 4.79 Å². The number of carbonyl (C=O) groups is 1. The van der Waals surface area contributed by atoms with E-state index in [1.165, 1.54) is 0 Å². The Morgan fingerprint density at radius 3 is 2.62 bits per heavy atom. The van der Waals surface area contributed by atoms with Crippen molar-refractivity contribution in [3.8, 4) is 5.75 Å². The zero-order valence-corrected chi connectivity index (χ0v) is 16.2. The number of pyridine rings is 1. The second-order valence-electron chi connectivity index (χ2n) is 7.41. The minimum Gasteiger partial charge on any atom is -0.505 e. The van der Waals surface area contributed by atoms with E-state index in [-0.39, 0.29) is 18.0 Å². The number of hydrogen-bond donors (Lipinski definition) is 2. The molecule has 0 atom stereocenters. The van der Waals surface area contributed by atoms with Gasteiger partial charge in [0.25, 0.3) is 5.91 Å². The van der Waals surface area contributed by atoms with Crippen molar-refractivity contribution in [2.24, 2.45) is 0 Å². The van der Waals surface area contributed by atoms with Crippen LogP contribution >= 0.6 is 0 Å². The molecule has 26 heavy (non-hydrogen) atoms. The fraction of sp³-hybridized carbons (Fsp3) is 0.400. The minimum absolute atomic E-state index is 0.0223. The molecule has 0 bridgehead atoms. The van der Waals surface area contributed by atoms with Crippen LogP contribution in [0.2, 0.25) is 0 Å². The Bertz CT molecular complexity index is 838. The summed E-state index contributed by atoms with van der Waals surface area (Å²) in [6, 6.07) is 5.73. The molecule has 2 aromatic rings. The van der Waals surface area contributed by atoms with Crippen molar-refractivity contribution >= 4 is 16.7 Å². The van der Waals surface area contributed by atoms with Gasteiger partial charge in [-0.1, -0.05) is 24.3 Å².